The summed E-state index contributed by atoms with van der Waals surface area (Å²) in [7, 11) is 1.47. The van der Waals surface area contributed by atoms with Crippen LogP contribution in [0.15, 0.2) is 54.6 Å². The van der Waals surface area contributed by atoms with Crippen LogP contribution < -0.4 is 10.6 Å². The first-order chi connectivity index (χ1) is 12.1. The number of esters is 1. The van der Waals surface area contributed by atoms with Crippen LogP contribution >= 0.6 is 0 Å². The molecular weight excluding hydrogens is 320 g/mol. The average molecular weight is 340 g/mol. The molecule has 0 aromatic heterocycles. The van der Waals surface area contributed by atoms with Gasteiger partial charge in [0.15, 0.2) is 6.61 Å². The van der Waals surface area contributed by atoms with E-state index in [1.807, 2.05) is 54.6 Å². The number of carbonyl (C=O) groups excluding carboxylic acids is 3. The minimum atomic E-state index is -0.517. The molecular formula is C19H20N2O4. The maximum Gasteiger partial charge on any atom is 0.310 e. The van der Waals surface area contributed by atoms with Crippen molar-refractivity contribution in [3.05, 3.63) is 60.2 Å². The lowest BCUT2D eigenvalue weighted by molar-refractivity contribution is -0.147. The van der Waals surface area contributed by atoms with Crippen molar-refractivity contribution in [2.75, 3.05) is 20.2 Å². The summed E-state index contributed by atoms with van der Waals surface area (Å²) in [4.78, 5) is 34.2. The van der Waals surface area contributed by atoms with Crippen LogP contribution in [0.4, 0.5) is 0 Å². The number of rotatable bonds is 7. The molecule has 2 aromatic carbocycles. The van der Waals surface area contributed by atoms with Crippen LogP contribution in [-0.4, -0.2) is 38.0 Å². The first-order valence-electron chi connectivity index (χ1n) is 7.85. The smallest absolute Gasteiger partial charge is 0.310 e. The third-order valence-corrected chi connectivity index (χ3v) is 3.50. The molecule has 6 nitrogen and oxygen atoms in total. The second-order valence-electron chi connectivity index (χ2n) is 5.35. The molecule has 0 aliphatic rings. The van der Waals surface area contributed by atoms with Crippen molar-refractivity contribution in [2.24, 2.45) is 0 Å². The van der Waals surface area contributed by atoms with Crippen LogP contribution in [0, 0.1) is 0 Å². The second-order valence-corrected chi connectivity index (χ2v) is 5.35. The Bertz CT molecular complexity index is 727. The number of hydrogen-bond acceptors (Lipinski definition) is 4. The number of carbonyl (C=O) groups is 3. The van der Waals surface area contributed by atoms with E-state index in [1.165, 1.54) is 7.05 Å². The van der Waals surface area contributed by atoms with Gasteiger partial charge in [0.25, 0.3) is 5.91 Å². The molecule has 0 atom stereocenters. The highest BCUT2D eigenvalue weighted by molar-refractivity contribution is 5.86. The Kier molecular flexibility index (Phi) is 6.71. The van der Waals surface area contributed by atoms with E-state index in [2.05, 4.69) is 10.6 Å². The minimum Gasteiger partial charge on any atom is -0.455 e. The summed E-state index contributed by atoms with van der Waals surface area (Å²) in [6, 6.07) is 17.5. The Morgan fingerprint density at radius 2 is 1.52 bits per heavy atom. The molecule has 2 rings (SSSR count). The van der Waals surface area contributed by atoms with Crippen molar-refractivity contribution in [1.29, 1.82) is 0 Å². The molecule has 0 bridgehead atoms. The normalized spacial score (nSPS) is 9.96. The monoisotopic (exact) mass is 340 g/mol. The minimum absolute atomic E-state index is 0.0811. The average Bonchev–Trinajstić information content (AvgIpc) is 2.65. The topological polar surface area (TPSA) is 84.5 Å². The molecule has 0 heterocycles. The quantitative estimate of drug-likeness (QED) is 0.744. The first-order valence-corrected chi connectivity index (χ1v) is 7.85. The summed E-state index contributed by atoms with van der Waals surface area (Å²) in [5.41, 5.74) is 2.96. The van der Waals surface area contributed by atoms with Crippen LogP contribution in [-0.2, 0) is 25.5 Å². The van der Waals surface area contributed by atoms with E-state index in [0.717, 1.165) is 16.7 Å². The Labute approximate surface area is 146 Å². The number of ether oxygens (including phenoxy) is 1. The van der Waals surface area contributed by atoms with Gasteiger partial charge >= 0.3 is 5.97 Å². The molecule has 0 aliphatic heterocycles. The molecule has 0 saturated heterocycles. The van der Waals surface area contributed by atoms with Gasteiger partial charge in [-0.15, -0.1) is 0 Å². The summed E-state index contributed by atoms with van der Waals surface area (Å²) in [5.74, 6) is -1.34. The molecule has 0 radical (unpaired) electrons. The molecule has 0 fully saturated rings. The zero-order chi connectivity index (χ0) is 18.1. The Balaban J connectivity index is 1.79. The van der Waals surface area contributed by atoms with Gasteiger partial charge in [0.1, 0.15) is 0 Å². The highest BCUT2D eigenvalue weighted by Gasteiger charge is 2.09. The SMILES string of the molecule is CNC(=O)CNC(=O)COC(=O)Cc1ccc(-c2ccccc2)cc1. The van der Waals surface area contributed by atoms with Crippen molar-refractivity contribution < 1.29 is 19.1 Å². The van der Waals surface area contributed by atoms with Gasteiger partial charge < -0.3 is 15.4 Å². The van der Waals surface area contributed by atoms with Gasteiger partial charge in [-0.3, -0.25) is 14.4 Å². The first kappa shape index (κ1) is 18.2. The fraction of sp³-hybridized carbons (Fsp3) is 0.211. The summed E-state index contributed by atoms with van der Waals surface area (Å²) in [6.07, 6.45) is 0.0811. The lowest BCUT2D eigenvalue weighted by atomic mass is 10.0. The van der Waals surface area contributed by atoms with E-state index < -0.39 is 18.5 Å². The van der Waals surface area contributed by atoms with E-state index in [-0.39, 0.29) is 18.9 Å². The van der Waals surface area contributed by atoms with Crippen molar-refractivity contribution in [1.82, 2.24) is 10.6 Å². The predicted octanol–water partition coefficient (Wildman–Crippen LogP) is 1.30. The van der Waals surface area contributed by atoms with Crippen molar-refractivity contribution in [2.45, 2.75) is 6.42 Å². The van der Waals surface area contributed by atoms with Crippen LogP contribution in [0.25, 0.3) is 11.1 Å². The Morgan fingerprint density at radius 3 is 2.16 bits per heavy atom. The summed E-state index contributed by atoms with van der Waals surface area (Å²) in [5, 5.41) is 4.72. The number of likely N-dealkylation sites (N-methyl/N-ethyl adjacent to an activating group) is 1. The maximum atomic E-state index is 11.8. The van der Waals surface area contributed by atoms with Gasteiger partial charge in [0.2, 0.25) is 5.91 Å². The van der Waals surface area contributed by atoms with Gasteiger partial charge in [-0.25, -0.2) is 0 Å². The van der Waals surface area contributed by atoms with Crippen molar-refractivity contribution in [3.63, 3.8) is 0 Å². The maximum absolute atomic E-state index is 11.8. The molecule has 0 unspecified atom stereocenters. The third-order valence-electron chi connectivity index (χ3n) is 3.50. The molecule has 2 amide bonds. The lowest BCUT2D eigenvalue weighted by Crippen LogP contribution is -2.37. The summed E-state index contributed by atoms with van der Waals surface area (Å²) < 4.78 is 4.91. The van der Waals surface area contributed by atoms with Gasteiger partial charge in [-0.2, -0.15) is 0 Å². The van der Waals surface area contributed by atoms with E-state index in [9.17, 15) is 14.4 Å². The molecule has 0 aliphatic carbocycles. The van der Waals surface area contributed by atoms with Crippen LogP contribution in [0.3, 0.4) is 0 Å². The highest BCUT2D eigenvalue weighted by Crippen LogP contribution is 2.19. The molecule has 0 saturated carbocycles. The fourth-order valence-corrected chi connectivity index (χ4v) is 2.13. The van der Waals surface area contributed by atoms with Gasteiger partial charge in [-0.05, 0) is 16.7 Å². The Morgan fingerprint density at radius 1 is 0.880 bits per heavy atom. The standard InChI is InChI=1S/C19H20N2O4/c1-20-17(22)12-21-18(23)13-25-19(24)11-14-7-9-16(10-8-14)15-5-3-2-4-6-15/h2-10H,11-13H2,1H3,(H,20,22)(H,21,23). The number of benzene rings is 2. The zero-order valence-electron chi connectivity index (χ0n) is 14.0. The molecule has 2 aromatic rings. The van der Waals surface area contributed by atoms with Gasteiger partial charge in [0.05, 0.1) is 13.0 Å². The molecule has 130 valence electrons. The number of nitrogens with one attached hydrogen (secondary N) is 2. The van der Waals surface area contributed by atoms with E-state index in [1.54, 1.807) is 0 Å². The lowest BCUT2D eigenvalue weighted by Gasteiger charge is -2.07. The molecule has 0 spiro atoms. The molecule has 25 heavy (non-hydrogen) atoms. The summed E-state index contributed by atoms with van der Waals surface area (Å²) >= 11 is 0. The van der Waals surface area contributed by atoms with Crippen molar-refractivity contribution >= 4 is 17.8 Å². The van der Waals surface area contributed by atoms with E-state index >= 15 is 0 Å². The largest absolute Gasteiger partial charge is 0.455 e. The third kappa shape index (κ3) is 6.10. The van der Waals surface area contributed by atoms with Crippen LogP contribution in [0.5, 0.6) is 0 Å². The highest BCUT2D eigenvalue weighted by atomic mass is 16.5. The van der Waals surface area contributed by atoms with E-state index in [4.69, 9.17) is 4.74 Å². The van der Waals surface area contributed by atoms with E-state index in [0.29, 0.717) is 0 Å². The van der Waals surface area contributed by atoms with Crippen molar-refractivity contribution in [3.8, 4) is 11.1 Å². The zero-order valence-corrected chi connectivity index (χ0v) is 14.0. The molecule has 2 N–H and O–H groups in total. The number of amides is 2. The fourth-order valence-electron chi connectivity index (χ4n) is 2.13. The Hall–Kier alpha value is -3.15. The second kappa shape index (κ2) is 9.22. The van der Waals surface area contributed by atoms with Gasteiger partial charge in [-0.1, -0.05) is 54.6 Å². The van der Waals surface area contributed by atoms with Crippen LogP contribution in [0.1, 0.15) is 5.56 Å². The van der Waals surface area contributed by atoms with Crippen LogP contribution in [0.2, 0.25) is 0 Å². The van der Waals surface area contributed by atoms with Gasteiger partial charge in [0, 0.05) is 7.05 Å². The summed E-state index contributed by atoms with van der Waals surface area (Å²) in [6.45, 7) is -0.550. The predicted molar refractivity (Wildman–Crippen MR) is 93.6 cm³/mol. The molecule has 6 heteroatoms. The number of hydrogen-bond donors (Lipinski definition) is 2.